The summed E-state index contributed by atoms with van der Waals surface area (Å²) in [6, 6.07) is 8.77. The largest absolute Gasteiger partial charge is 0.494 e. The van der Waals surface area contributed by atoms with E-state index in [1.807, 2.05) is 19.9 Å². The van der Waals surface area contributed by atoms with Crippen molar-refractivity contribution in [3.8, 4) is 5.75 Å². The maximum Gasteiger partial charge on any atom is 0.248 e. The number of rotatable bonds is 6. The fourth-order valence-electron chi connectivity index (χ4n) is 1.96. The third-order valence-electron chi connectivity index (χ3n) is 2.96. The van der Waals surface area contributed by atoms with Crippen molar-refractivity contribution in [2.24, 2.45) is 0 Å². The first-order chi connectivity index (χ1) is 10.6. The Balaban J connectivity index is 2.03. The summed E-state index contributed by atoms with van der Waals surface area (Å²) in [6.07, 6.45) is 3.00. The lowest BCUT2D eigenvalue weighted by Gasteiger charge is -2.10. The summed E-state index contributed by atoms with van der Waals surface area (Å²) in [5.41, 5.74) is 1.23. The van der Waals surface area contributed by atoms with E-state index in [1.165, 1.54) is 6.08 Å². The molecule has 1 heterocycles. The number of amides is 1. The maximum atomic E-state index is 11.9. The second-order valence-electron chi connectivity index (χ2n) is 4.68. The fourth-order valence-corrected chi connectivity index (χ4v) is 1.96. The summed E-state index contributed by atoms with van der Waals surface area (Å²) in [5, 5.41) is 12.1. The van der Waals surface area contributed by atoms with Gasteiger partial charge in [0.15, 0.2) is 0 Å². The molecule has 0 fully saturated rings. The molecule has 5 nitrogen and oxygen atoms in total. The standard InChI is InChI=1S/C17H19NO4/c1-3-21-16-8-5-14(10-13(16)11-19)18-17(20)9-7-15-6-4-12(2)22-15/h4-10,19H,3,11H2,1-2H3,(H,18,20)/b9-7+. The molecule has 2 rings (SSSR count). The van der Waals surface area contributed by atoms with E-state index >= 15 is 0 Å². The van der Waals surface area contributed by atoms with Gasteiger partial charge in [-0.05, 0) is 50.3 Å². The summed E-state index contributed by atoms with van der Waals surface area (Å²) in [5.74, 6) is 1.75. The van der Waals surface area contributed by atoms with Gasteiger partial charge in [-0.15, -0.1) is 0 Å². The molecule has 0 aliphatic carbocycles. The molecular weight excluding hydrogens is 282 g/mol. The molecule has 0 atom stereocenters. The SMILES string of the molecule is CCOc1ccc(NC(=O)/C=C/c2ccc(C)o2)cc1CO. The molecule has 2 aromatic rings. The summed E-state index contributed by atoms with van der Waals surface area (Å²) in [4.78, 5) is 11.9. The zero-order valence-corrected chi connectivity index (χ0v) is 12.6. The van der Waals surface area contributed by atoms with Crippen LogP contribution in [0.5, 0.6) is 5.75 Å². The molecule has 1 amide bonds. The lowest BCUT2D eigenvalue weighted by Crippen LogP contribution is -2.08. The Morgan fingerprint density at radius 2 is 2.18 bits per heavy atom. The van der Waals surface area contributed by atoms with E-state index in [0.717, 1.165) is 5.76 Å². The molecule has 0 saturated carbocycles. The second kappa shape index (κ2) is 7.47. The number of hydrogen-bond acceptors (Lipinski definition) is 4. The lowest BCUT2D eigenvalue weighted by atomic mass is 10.2. The van der Waals surface area contributed by atoms with Crippen molar-refractivity contribution in [3.05, 3.63) is 53.5 Å². The predicted octanol–water partition coefficient (Wildman–Crippen LogP) is 3.13. The number of aryl methyl sites for hydroxylation is 1. The average Bonchev–Trinajstić information content (AvgIpc) is 2.92. The Hall–Kier alpha value is -2.53. The smallest absolute Gasteiger partial charge is 0.248 e. The second-order valence-corrected chi connectivity index (χ2v) is 4.68. The number of aliphatic hydroxyl groups is 1. The molecule has 0 aliphatic rings. The Morgan fingerprint density at radius 1 is 1.36 bits per heavy atom. The van der Waals surface area contributed by atoms with E-state index < -0.39 is 0 Å². The van der Waals surface area contributed by atoms with Gasteiger partial charge in [0.2, 0.25) is 5.91 Å². The van der Waals surface area contributed by atoms with E-state index in [4.69, 9.17) is 9.15 Å². The number of benzene rings is 1. The van der Waals surface area contributed by atoms with Gasteiger partial charge in [0.05, 0.1) is 13.2 Å². The summed E-state index contributed by atoms with van der Waals surface area (Å²) in [7, 11) is 0. The van der Waals surface area contributed by atoms with Gasteiger partial charge in [-0.3, -0.25) is 4.79 Å². The van der Waals surface area contributed by atoms with E-state index in [0.29, 0.717) is 29.4 Å². The first-order valence-electron chi connectivity index (χ1n) is 7.04. The zero-order chi connectivity index (χ0) is 15.9. The number of hydrogen-bond donors (Lipinski definition) is 2. The highest BCUT2D eigenvalue weighted by Gasteiger charge is 2.06. The number of nitrogens with one attached hydrogen (secondary N) is 1. The molecule has 0 bridgehead atoms. The quantitative estimate of drug-likeness (QED) is 0.804. The van der Waals surface area contributed by atoms with Crippen molar-refractivity contribution in [1.82, 2.24) is 0 Å². The van der Waals surface area contributed by atoms with Gasteiger partial charge in [-0.2, -0.15) is 0 Å². The highest BCUT2D eigenvalue weighted by Crippen LogP contribution is 2.23. The van der Waals surface area contributed by atoms with Gasteiger partial charge in [-0.1, -0.05) is 0 Å². The minimum Gasteiger partial charge on any atom is -0.494 e. The minimum atomic E-state index is -0.276. The summed E-state index contributed by atoms with van der Waals surface area (Å²) >= 11 is 0. The first kappa shape index (κ1) is 15.9. The van der Waals surface area contributed by atoms with Crippen LogP contribution in [0.1, 0.15) is 24.0 Å². The zero-order valence-electron chi connectivity index (χ0n) is 12.6. The third-order valence-corrected chi connectivity index (χ3v) is 2.96. The third kappa shape index (κ3) is 4.23. The topological polar surface area (TPSA) is 71.7 Å². The van der Waals surface area contributed by atoms with E-state index in [1.54, 1.807) is 30.3 Å². The Bertz CT molecular complexity index is 673. The van der Waals surface area contributed by atoms with Crippen molar-refractivity contribution in [2.45, 2.75) is 20.5 Å². The van der Waals surface area contributed by atoms with E-state index in [-0.39, 0.29) is 12.5 Å². The molecule has 0 radical (unpaired) electrons. The van der Waals surface area contributed by atoms with Crippen LogP contribution < -0.4 is 10.1 Å². The van der Waals surface area contributed by atoms with Crippen LogP contribution in [0.25, 0.3) is 6.08 Å². The Labute approximate surface area is 129 Å². The average molecular weight is 301 g/mol. The van der Waals surface area contributed by atoms with Crippen LogP contribution in [0, 0.1) is 6.92 Å². The first-order valence-corrected chi connectivity index (χ1v) is 7.04. The van der Waals surface area contributed by atoms with Gasteiger partial charge in [-0.25, -0.2) is 0 Å². The number of anilines is 1. The molecule has 0 saturated heterocycles. The van der Waals surface area contributed by atoms with Crippen LogP contribution in [-0.4, -0.2) is 17.6 Å². The molecule has 22 heavy (non-hydrogen) atoms. The molecule has 5 heteroatoms. The van der Waals surface area contributed by atoms with E-state index in [2.05, 4.69) is 5.32 Å². The number of ether oxygens (including phenoxy) is 1. The molecule has 0 unspecified atom stereocenters. The normalized spacial score (nSPS) is 10.9. The predicted molar refractivity (Wildman–Crippen MR) is 84.6 cm³/mol. The fraction of sp³-hybridized carbons (Fsp3) is 0.235. The highest BCUT2D eigenvalue weighted by atomic mass is 16.5. The van der Waals surface area contributed by atoms with Crippen LogP contribution in [-0.2, 0) is 11.4 Å². The molecule has 116 valence electrons. The van der Waals surface area contributed by atoms with Crippen molar-refractivity contribution in [3.63, 3.8) is 0 Å². The summed E-state index contributed by atoms with van der Waals surface area (Å²) < 4.78 is 10.7. The minimum absolute atomic E-state index is 0.152. The molecule has 1 aromatic heterocycles. The van der Waals surface area contributed by atoms with Crippen LogP contribution in [0.3, 0.4) is 0 Å². The van der Waals surface area contributed by atoms with Crippen LogP contribution in [0.4, 0.5) is 5.69 Å². The van der Waals surface area contributed by atoms with Gasteiger partial charge in [0.25, 0.3) is 0 Å². The molecule has 0 aliphatic heterocycles. The molecular formula is C17H19NO4. The van der Waals surface area contributed by atoms with Crippen LogP contribution in [0.15, 0.2) is 40.8 Å². The lowest BCUT2D eigenvalue weighted by molar-refractivity contribution is -0.111. The van der Waals surface area contributed by atoms with Crippen LogP contribution >= 0.6 is 0 Å². The van der Waals surface area contributed by atoms with Crippen molar-refractivity contribution < 1.29 is 19.1 Å². The van der Waals surface area contributed by atoms with Crippen molar-refractivity contribution in [1.29, 1.82) is 0 Å². The van der Waals surface area contributed by atoms with Gasteiger partial charge in [0, 0.05) is 17.3 Å². The Morgan fingerprint density at radius 3 is 2.82 bits per heavy atom. The monoisotopic (exact) mass is 301 g/mol. The Kier molecular flexibility index (Phi) is 5.38. The summed E-state index contributed by atoms with van der Waals surface area (Å²) in [6.45, 7) is 4.08. The molecule has 2 N–H and O–H groups in total. The number of aliphatic hydroxyl groups excluding tert-OH is 1. The maximum absolute atomic E-state index is 11.9. The molecule has 0 spiro atoms. The number of carbonyl (C=O) groups is 1. The molecule has 1 aromatic carbocycles. The van der Waals surface area contributed by atoms with Gasteiger partial charge in [0.1, 0.15) is 17.3 Å². The van der Waals surface area contributed by atoms with E-state index in [9.17, 15) is 9.90 Å². The van der Waals surface area contributed by atoms with Crippen molar-refractivity contribution >= 4 is 17.7 Å². The van der Waals surface area contributed by atoms with Crippen LogP contribution in [0.2, 0.25) is 0 Å². The van der Waals surface area contributed by atoms with Gasteiger partial charge >= 0.3 is 0 Å². The number of carbonyl (C=O) groups excluding carboxylic acids is 1. The highest BCUT2D eigenvalue weighted by molar-refractivity contribution is 6.01. The van der Waals surface area contributed by atoms with Crippen molar-refractivity contribution in [2.75, 3.05) is 11.9 Å². The van der Waals surface area contributed by atoms with Gasteiger partial charge < -0.3 is 19.6 Å². The number of furan rings is 1.